The van der Waals surface area contributed by atoms with Gasteiger partial charge in [-0.15, -0.1) is 0 Å². The Morgan fingerprint density at radius 2 is 1.73 bits per heavy atom. The Labute approximate surface area is 153 Å². The SMILES string of the molecule is Oc1ccc(-c2ncccn2)cc1CN1CC=C(c2ccccc2)CC1. The van der Waals surface area contributed by atoms with Crippen molar-refractivity contribution in [3.05, 3.63) is 84.2 Å². The zero-order valence-electron chi connectivity index (χ0n) is 14.5. The van der Waals surface area contributed by atoms with E-state index in [9.17, 15) is 5.11 Å². The standard InChI is InChI=1S/C22H21N3O/c26-21-8-7-19(22-23-11-4-12-24-22)15-20(21)16-25-13-9-18(10-14-25)17-5-2-1-3-6-17/h1-9,11-12,15,26H,10,13-14,16H2. The van der Waals surface area contributed by atoms with Crippen LogP contribution in [-0.2, 0) is 6.54 Å². The number of aromatic nitrogens is 2. The van der Waals surface area contributed by atoms with Gasteiger partial charge in [-0.05, 0) is 41.8 Å². The molecule has 1 aliphatic heterocycles. The van der Waals surface area contributed by atoms with E-state index in [1.165, 1.54) is 11.1 Å². The minimum atomic E-state index is 0.322. The highest BCUT2D eigenvalue weighted by Gasteiger charge is 2.15. The number of benzene rings is 2. The fourth-order valence-electron chi connectivity index (χ4n) is 3.31. The van der Waals surface area contributed by atoms with Gasteiger partial charge < -0.3 is 5.11 Å². The molecule has 2 heterocycles. The van der Waals surface area contributed by atoms with E-state index in [0.29, 0.717) is 18.1 Å². The van der Waals surface area contributed by atoms with Gasteiger partial charge >= 0.3 is 0 Å². The minimum Gasteiger partial charge on any atom is -0.508 e. The highest BCUT2D eigenvalue weighted by molar-refractivity contribution is 5.66. The second-order valence-corrected chi connectivity index (χ2v) is 6.50. The number of hydrogen-bond acceptors (Lipinski definition) is 4. The molecule has 0 unspecified atom stereocenters. The monoisotopic (exact) mass is 343 g/mol. The van der Waals surface area contributed by atoms with Crippen molar-refractivity contribution < 1.29 is 5.11 Å². The summed E-state index contributed by atoms with van der Waals surface area (Å²) in [6.07, 6.45) is 6.77. The molecule has 0 bridgehead atoms. The van der Waals surface area contributed by atoms with E-state index in [-0.39, 0.29) is 0 Å². The first-order chi connectivity index (χ1) is 12.8. The van der Waals surface area contributed by atoms with E-state index in [1.807, 2.05) is 18.2 Å². The first-order valence-corrected chi connectivity index (χ1v) is 8.86. The van der Waals surface area contributed by atoms with E-state index in [2.05, 4.69) is 45.2 Å². The Hall–Kier alpha value is -2.98. The Morgan fingerprint density at radius 3 is 2.46 bits per heavy atom. The van der Waals surface area contributed by atoms with Gasteiger partial charge in [-0.25, -0.2) is 9.97 Å². The first-order valence-electron chi connectivity index (χ1n) is 8.86. The summed E-state index contributed by atoms with van der Waals surface area (Å²) in [5.41, 5.74) is 4.54. The molecule has 1 aliphatic rings. The molecule has 130 valence electrons. The van der Waals surface area contributed by atoms with Crippen molar-refractivity contribution in [2.45, 2.75) is 13.0 Å². The lowest BCUT2D eigenvalue weighted by Gasteiger charge is -2.27. The van der Waals surface area contributed by atoms with Crippen molar-refractivity contribution in [2.75, 3.05) is 13.1 Å². The van der Waals surface area contributed by atoms with Crippen LogP contribution in [0.1, 0.15) is 17.5 Å². The lowest BCUT2D eigenvalue weighted by Crippen LogP contribution is -2.28. The van der Waals surface area contributed by atoms with Crippen molar-refractivity contribution >= 4 is 5.57 Å². The molecule has 3 aromatic rings. The van der Waals surface area contributed by atoms with Gasteiger partial charge in [-0.2, -0.15) is 0 Å². The molecule has 0 saturated carbocycles. The summed E-state index contributed by atoms with van der Waals surface area (Å²) in [6, 6.07) is 17.9. The normalized spacial score (nSPS) is 14.8. The maximum Gasteiger partial charge on any atom is 0.159 e. The molecular formula is C22H21N3O. The van der Waals surface area contributed by atoms with E-state index in [0.717, 1.165) is 30.6 Å². The van der Waals surface area contributed by atoms with Crippen LogP contribution in [0.25, 0.3) is 17.0 Å². The largest absolute Gasteiger partial charge is 0.508 e. The summed E-state index contributed by atoms with van der Waals surface area (Å²) < 4.78 is 0. The van der Waals surface area contributed by atoms with Crippen LogP contribution in [0, 0.1) is 0 Å². The molecule has 26 heavy (non-hydrogen) atoms. The Kier molecular flexibility index (Phi) is 4.75. The van der Waals surface area contributed by atoms with Crippen LogP contribution < -0.4 is 0 Å². The van der Waals surface area contributed by atoms with Gasteiger partial charge in [-0.3, -0.25) is 4.90 Å². The fraction of sp³-hybridized carbons (Fsp3) is 0.182. The average Bonchev–Trinajstić information content (AvgIpc) is 2.71. The van der Waals surface area contributed by atoms with Gasteiger partial charge in [0.15, 0.2) is 5.82 Å². The van der Waals surface area contributed by atoms with Gasteiger partial charge in [-0.1, -0.05) is 36.4 Å². The van der Waals surface area contributed by atoms with Crippen molar-refractivity contribution in [3.8, 4) is 17.1 Å². The topological polar surface area (TPSA) is 49.3 Å². The fourth-order valence-corrected chi connectivity index (χ4v) is 3.31. The average molecular weight is 343 g/mol. The Balaban J connectivity index is 1.49. The third-order valence-electron chi connectivity index (χ3n) is 4.74. The molecule has 0 atom stereocenters. The van der Waals surface area contributed by atoms with E-state index >= 15 is 0 Å². The Morgan fingerprint density at radius 1 is 0.923 bits per heavy atom. The number of phenols is 1. The molecule has 2 aromatic carbocycles. The zero-order chi connectivity index (χ0) is 17.8. The molecule has 0 radical (unpaired) electrons. The Bertz CT molecular complexity index is 907. The first kappa shape index (κ1) is 16.5. The summed E-state index contributed by atoms with van der Waals surface area (Å²) in [7, 11) is 0. The maximum atomic E-state index is 10.3. The smallest absolute Gasteiger partial charge is 0.159 e. The molecule has 0 saturated heterocycles. The summed E-state index contributed by atoms with van der Waals surface area (Å²) in [5, 5.41) is 10.3. The number of hydrogen-bond donors (Lipinski definition) is 1. The van der Waals surface area contributed by atoms with Gasteiger partial charge in [0.2, 0.25) is 0 Å². The highest BCUT2D eigenvalue weighted by atomic mass is 16.3. The number of rotatable bonds is 4. The van der Waals surface area contributed by atoms with E-state index in [4.69, 9.17) is 0 Å². The van der Waals surface area contributed by atoms with Gasteiger partial charge in [0.1, 0.15) is 5.75 Å². The predicted octanol–water partition coefficient (Wildman–Crippen LogP) is 4.14. The van der Waals surface area contributed by atoms with Crippen LogP contribution in [0.15, 0.2) is 73.1 Å². The third-order valence-corrected chi connectivity index (χ3v) is 4.74. The molecule has 0 fully saturated rings. The molecule has 4 nitrogen and oxygen atoms in total. The lowest BCUT2D eigenvalue weighted by molar-refractivity contribution is 0.289. The lowest BCUT2D eigenvalue weighted by atomic mass is 9.99. The summed E-state index contributed by atoms with van der Waals surface area (Å²) in [4.78, 5) is 10.9. The molecule has 0 spiro atoms. The molecule has 1 aromatic heterocycles. The van der Waals surface area contributed by atoms with Crippen molar-refractivity contribution in [1.82, 2.24) is 14.9 Å². The van der Waals surface area contributed by atoms with Crippen LogP contribution in [0.4, 0.5) is 0 Å². The van der Waals surface area contributed by atoms with Crippen LogP contribution in [-0.4, -0.2) is 33.1 Å². The second kappa shape index (κ2) is 7.50. The summed E-state index contributed by atoms with van der Waals surface area (Å²) >= 11 is 0. The minimum absolute atomic E-state index is 0.322. The van der Waals surface area contributed by atoms with Crippen molar-refractivity contribution in [2.24, 2.45) is 0 Å². The number of aromatic hydroxyl groups is 1. The van der Waals surface area contributed by atoms with E-state index < -0.39 is 0 Å². The predicted molar refractivity (Wildman–Crippen MR) is 103 cm³/mol. The second-order valence-electron chi connectivity index (χ2n) is 6.50. The maximum absolute atomic E-state index is 10.3. The van der Waals surface area contributed by atoms with Crippen LogP contribution in [0.5, 0.6) is 5.75 Å². The molecular weight excluding hydrogens is 322 g/mol. The van der Waals surface area contributed by atoms with Gasteiger partial charge in [0, 0.05) is 43.2 Å². The van der Waals surface area contributed by atoms with Crippen LogP contribution in [0.3, 0.4) is 0 Å². The number of phenolic OH excluding ortho intramolecular Hbond substituents is 1. The van der Waals surface area contributed by atoms with Gasteiger partial charge in [0.05, 0.1) is 0 Å². The molecule has 1 N–H and O–H groups in total. The highest BCUT2D eigenvalue weighted by Crippen LogP contribution is 2.27. The van der Waals surface area contributed by atoms with Crippen LogP contribution >= 0.6 is 0 Å². The van der Waals surface area contributed by atoms with Crippen molar-refractivity contribution in [1.29, 1.82) is 0 Å². The van der Waals surface area contributed by atoms with Crippen molar-refractivity contribution in [3.63, 3.8) is 0 Å². The van der Waals surface area contributed by atoms with Crippen LogP contribution in [0.2, 0.25) is 0 Å². The summed E-state index contributed by atoms with van der Waals surface area (Å²) in [6.45, 7) is 2.58. The quantitative estimate of drug-likeness (QED) is 0.773. The molecule has 4 rings (SSSR count). The zero-order valence-corrected chi connectivity index (χ0v) is 14.5. The summed E-state index contributed by atoms with van der Waals surface area (Å²) in [5.74, 6) is 1.00. The van der Waals surface area contributed by atoms with E-state index in [1.54, 1.807) is 24.5 Å². The third kappa shape index (κ3) is 3.65. The number of nitrogens with zero attached hydrogens (tertiary/aromatic N) is 3. The molecule has 0 aliphatic carbocycles. The van der Waals surface area contributed by atoms with Gasteiger partial charge in [0.25, 0.3) is 0 Å². The molecule has 0 amide bonds. The molecule has 4 heteroatoms.